The van der Waals surface area contributed by atoms with Gasteiger partial charge in [0.1, 0.15) is 23.3 Å². The van der Waals surface area contributed by atoms with E-state index >= 15 is 0 Å². The SMILES string of the molecule is COC(=O)[C@@H]1C(=O)NC[C@H]1c1c(F)cc(OC(F)F)cc1F. The Morgan fingerprint density at radius 1 is 1.32 bits per heavy atom. The third kappa shape index (κ3) is 2.97. The first-order chi connectivity index (χ1) is 10.3. The van der Waals surface area contributed by atoms with Gasteiger partial charge in [-0.2, -0.15) is 8.78 Å². The highest BCUT2D eigenvalue weighted by atomic mass is 19.3. The van der Waals surface area contributed by atoms with Gasteiger partial charge in [-0.15, -0.1) is 0 Å². The average molecular weight is 321 g/mol. The Balaban J connectivity index is 2.39. The van der Waals surface area contributed by atoms with Crippen molar-refractivity contribution in [3.8, 4) is 5.75 Å². The van der Waals surface area contributed by atoms with E-state index in [9.17, 15) is 27.2 Å². The normalized spacial score (nSPS) is 20.9. The molecule has 1 fully saturated rings. The van der Waals surface area contributed by atoms with Crippen molar-refractivity contribution in [1.29, 1.82) is 0 Å². The summed E-state index contributed by atoms with van der Waals surface area (Å²) in [7, 11) is 1.04. The second kappa shape index (κ2) is 6.20. The number of hydrogen-bond acceptors (Lipinski definition) is 4. The van der Waals surface area contributed by atoms with Crippen LogP contribution in [0.3, 0.4) is 0 Å². The molecule has 0 unspecified atom stereocenters. The zero-order valence-corrected chi connectivity index (χ0v) is 11.2. The number of amides is 1. The number of nitrogens with one attached hydrogen (secondary N) is 1. The summed E-state index contributed by atoms with van der Waals surface area (Å²) in [6, 6.07) is 1.14. The lowest BCUT2D eigenvalue weighted by Crippen LogP contribution is -2.28. The number of carbonyl (C=O) groups excluding carboxylic acids is 2. The molecule has 0 saturated carbocycles. The van der Waals surface area contributed by atoms with E-state index in [0.29, 0.717) is 12.1 Å². The fourth-order valence-electron chi connectivity index (χ4n) is 2.37. The molecule has 2 atom stereocenters. The monoisotopic (exact) mass is 321 g/mol. The number of carbonyl (C=O) groups is 2. The van der Waals surface area contributed by atoms with Gasteiger partial charge in [0, 0.05) is 30.2 Å². The van der Waals surface area contributed by atoms with E-state index in [1.54, 1.807) is 0 Å². The minimum atomic E-state index is -3.23. The number of benzene rings is 1. The van der Waals surface area contributed by atoms with Gasteiger partial charge in [-0.05, 0) is 0 Å². The molecule has 2 rings (SSSR count). The third-order valence-corrected chi connectivity index (χ3v) is 3.28. The van der Waals surface area contributed by atoms with Crippen molar-refractivity contribution >= 4 is 11.9 Å². The van der Waals surface area contributed by atoms with Crippen molar-refractivity contribution in [1.82, 2.24) is 5.32 Å². The van der Waals surface area contributed by atoms with E-state index in [2.05, 4.69) is 14.8 Å². The first-order valence-corrected chi connectivity index (χ1v) is 6.14. The smallest absolute Gasteiger partial charge is 0.387 e. The predicted molar refractivity (Wildman–Crippen MR) is 64.2 cm³/mol. The van der Waals surface area contributed by atoms with Crippen molar-refractivity contribution < 1.29 is 36.6 Å². The molecule has 0 radical (unpaired) electrons. The lowest BCUT2D eigenvalue weighted by molar-refractivity contribution is -0.149. The molecule has 120 valence electrons. The Morgan fingerprint density at radius 2 is 1.91 bits per heavy atom. The Morgan fingerprint density at radius 3 is 2.41 bits per heavy atom. The zero-order valence-electron chi connectivity index (χ0n) is 11.2. The minimum Gasteiger partial charge on any atom is -0.468 e. The van der Waals surface area contributed by atoms with Gasteiger partial charge in [0.2, 0.25) is 5.91 Å². The van der Waals surface area contributed by atoms with Gasteiger partial charge < -0.3 is 14.8 Å². The Hall–Kier alpha value is -2.32. The molecule has 9 heteroatoms. The molecule has 0 aliphatic carbocycles. The molecular weight excluding hydrogens is 310 g/mol. The maximum Gasteiger partial charge on any atom is 0.387 e. The summed E-state index contributed by atoms with van der Waals surface area (Å²) in [6.07, 6.45) is 0. The van der Waals surface area contributed by atoms with Crippen LogP contribution in [0.25, 0.3) is 0 Å². The van der Waals surface area contributed by atoms with Gasteiger partial charge in [-0.1, -0.05) is 0 Å². The van der Waals surface area contributed by atoms with E-state index in [0.717, 1.165) is 7.11 Å². The van der Waals surface area contributed by atoms with Gasteiger partial charge in [-0.3, -0.25) is 9.59 Å². The molecule has 1 saturated heterocycles. The number of esters is 1. The van der Waals surface area contributed by atoms with Crippen LogP contribution < -0.4 is 10.1 Å². The summed E-state index contributed by atoms with van der Waals surface area (Å²) in [5.74, 6) is -7.27. The lowest BCUT2D eigenvalue weighted by atomic mass is 9.87. The van der Waals surface area contributed by atoms with Crippen LogP contribution >= 0.6 is 0 Å². The molecule has 1 aliphatic heterocycles. The highest BCUT2D eigenvalue weighted by Crippen LogP contribution is 2.35. The van der Waals surface area contributed by atoms with Crippen molar-refractivity contribution in [2.75, 3.05) is 13.7 Å². The summed E-state index contributed by atoms with van der Waals surface area (Å²) in [5, 5.41) is 2.31. The maximum absolute atomic E-state index is 14.0. The summed E-state index contributed by atoms with van der Waals surface area (Å²) in [5.41, 5.74) is -0.560. The zero-order chi connectivity index (χ0) is 16.4. The van der Waals surface area contributed by atoms with Crippen LogP contribution in [0.4, 0.5) is 17.6 Å². The summed E-state index contributed by atoms with van der Waals surface area (Å²) < 4.78 is 60.6. The number of hydrogen-bond donors (Lipinski definition) is 1. The third-order valence-electron chi connectivity index (χ3n) is 3.28. The van der Waals surface area contributed by atoms with Crippen LogP contribution in [0.1, 0.15) is 11.5 Å². The molecule has 22 heavy (non-hydrogen) atoms. The summed E-state index contributed by atoms with van der Waals surface area (Å²) >= 11 is 0. The van der Waals surface area contributed by atoms with Crippen molar-refractivity contribution in [3.05, 3.63) is 29.3 Å². The quantitative estimate of drug-likeness (QED) is 0.519. The first-order valence-electron chi connectivity index (χ1n) is 6.14. The Labute approximate surface area is 122 Å². The van der Waals surface area contributed by atoms with Crippen LogP contribution in [-0.4, -0.2) is 32.1 Å². The molecule has 0 bridgehead atoms. The van der Waals surface area contributed by atoms with Crippen LogP contribution in [0, 0.1) is 17.6 Å². The largest absolute Gasteiger partial charge is 0.468 e. The number of ether oxygens (including phenoxy) is 2. The molecule has 1 aromatic carbocycles. The molecule has 1 N–H and O–H groups in total. The van der Waals surface area contributed by atoms with E-state index in [4.69, 9.17) is 0 Å². The highest BCUT2D eigenvalue weighted by Gasteiger charge is 2.44. The Bertz CT molecular complexity index is 585. The van der Waals surface area contributed by atoms with Crippen molar-refractivity contribution in [3.63, 3.8) is 0 Å². The van der Waals surface area contributed by atoms with Gasteiger partial charge in [-0.25, -0.2) is 8.78 Å². The number of alkyl halides is 2. The Kier molecular flexibility index (Phi) is 4.53. The summed E-state index contributed by atoms with van der Waals surface area (Å²) in [6.45, 7) is -3.41. The second-order valence-corrected chi connectivity index (χ2v) is 4.53. The predicted octanol–water partition coefficient (Wildman–Crippen LogP) is 1.57. The average Bonchev–Trinajstić information content (AvgIpc) is 2.78. The fraction of sp³-hybridized carbons (Fsp3) is 0.385. The standard InChI is InChI=1S/C13H11F4NO4/c1-21-12(20)10-6(4-18-11(10)19)9-7(14)2-5(3-8(9)15)22-13(16)17/h2-3,6,10,13H,4H2,1H3,(H,18,19)/t6-,10-/m0/s1. The maximum atomic E-state index is 14.0. The number of methoxy groups -OCH3 is 1. The molecular formula is C13H11F4NO4. The number of rotatable bonds is 4. The minimum absolute atomic E-state index is 0.179. The molecule has 5 nitrogen and oxygen atoms in total. The highest BCUT2D eigenvalue weighted by molar-refractivity contribution is 6.00. The van der Waals surface area contributed by atoms with Gasteiger partial charge >= 0.3 is 12.6 Å². The van der Waals surface area contributed by atoms with Crippen molar-refractivity contribution in [2.45, 2.75) is 12.5 Å². The topological polar surface area (TPSA) is 64.6 Å². The van der Waals surface area contributed by atoms with E-state index < -0.39 is 53.3 Å². The second-order valence-electron chi connectivity index (χ2n) is 4.53. The lowest BCUT2D eigenvalue weighted by Gasteiger charge is -2.17. The number of halogens is 4. The molecule has 0 aromatic heterocycles. The van der Waals surface area contributed by atoms with Gasteiger partial charge in [0.25, 0.3) is 0 Å². The summed E-state index contributed by atoms with van der Waals surface area (Å²) in [4.78, 5) is 23.2. The van der Waals surface area contributed by atoms with Crippen LogP contribution in [0.2, 0.25) is 0 Å². The van der Waals surface area contributed by atoms with Gasteiger partial charge in [0.15, 0.2) is 0 Å². The molecule has 1 amide bonds. The molecule has 1 heterocycles. The van der Waals surface area contributed by atoms with Crippen molar-refractivity contribution in [2.24, 2.45) is 5.92 Å². The van der Waals surface area contributed by atoms with E-state index in [1.807, 2.05) is 0 Å². The van der Waals surface area contributed by atoms with E-state index in [1.165, 1.54) is 0 Å². The van der Waals surface area contributed by atoms with Crippen LogP contribution in [0.15, 0.2) is 12.1 Å². The molecule has 0 spiro atoms. The first kappa shape index (κ1) is 16.1. The molecule has 1 aromatic rings. The van der Waals surface area contributed by atoms with Crippen LogP contribution in [0.5, 0.6) is 5.75 Å². The van der Waals surface area contributed by atoms with E-state index in [-0.39, 0.29) is 6.54 Å². The fourth-order valence-corrected chi connectivity index (χ4v) is 2.37. The van der Waals surface area contributed by atoms with Crippen LogP contribution in [-0.2, 0) is 14.3 Å². The van der Waals surface area contributed by atoms with Gasteiger partial charge in [0.05, 0.1) is 7.11 Å². The molecule has 1 aliphatic rings.